The summed E-state index contributed by atoms with van der Waals surface area (Å²) < 4.78 is 5.74. The number of esters is 1. The molecule has 0 aliphatic rings. The van der Waals surface area contributed by atoms with E-state index in [9.17, 15) is 19.8 Å². The third kappa shape index (κ3) is 12.3. The van der Waals surface area contributed by atoms with Gasteiger partial charge in [0.1, 0.15) is 6.54 Å². The minimum absolute atomic E-state index is 0.225. The Bertz CT molecular complexity index is 373. The summed E-state index contributed by atoms with van der Waals surface area (Å²) in [7, 11) is 5.70. The molecule has 0 aliphatic heterocycles. The molecule has 2 atom stereocenters. The second-order valence-corrected chi connectivity index (χ2v) is 6.50. The third-order valence-corrected chi connectivity index (χ3v) is 2.99. The standard InChI is InChI=1S/C16H29NO5/c1-5-8-13(18)9-6-7-10-16(21)22-14(11-15(19)20)12-17(2,3)4/h5,8,13-14,18H,6-7,9-12H2,1-4H3/b8-5+. The summed E-state index contributed by atoms with van der Waals surface area (Å²) in [5, 5.41) is 20.2. The van der Waals surface area contributed by atoms with Crippen molar-refractivity contribution in [2.45, 2.75) is 51.2 Å². The molecule has 0 radical (unpaired) electrons. The van der Waals surface area contributed by atoms with Gasteiger partial charge in [0.25, 0.3) is 0 Å². The molecule has 0 heterocycles. The van der Waals surface area contributed by atoms with Crippen LogP contribution < -0.4 is 5.11 Å². The van der Waals surface area contributed by atoms with Crippen molar-refractivity contribution < 1.29 is 29.0 Å². The highest BCUT2D eigenvalue weighted by Gasteiger charge is 2.22. The van der Waals surface area contributed by atoms with Gasteiger partial charge in [0, 0.05) is 18.8 Å². The molecule has 0 aromatic heterocycles. The first-order valence-corrected chi connectivity index (χ1v) is 7.64. The number of quaternary nitrogens is 1. The Hall–Kier alpha value is -1.40. The highest BCUT2D eigenvalue weighted by Crippen LogP contribution is 2.09. The number of carbonyl (C=O) groups is 2. The molecule has 0 aromatic carbocycles. The molecule has 1 N–H and O–H groups in total. The lowest BCUT2D eigenvalue weighted by Gasteiger charge is -2.29. The van der Waals surface area contributed by atoms with Crippen molar-refractivity contribution in [1.82, 2.24) is 0 Å². The number of carboxylic acid groups (broad SMARTS) is 1. The number of rotatable bonds is 11. The van der Waals surface area contributed by atoms with Crippen molar-refractivity contribution in [3.63, 3.8) is 0 Å². The average molecular weight is 315 g/mol. The lowest BCUT2D eigenvalue weighted by molar-refractivity contribution is -0.873. The summed E-state index contributed by atoms with van der Waals surface area (Å²) in [5.74, 6) is -1.62. The van der Waals surface area contributed by atoms with Gasteiger partial charge in [0.15, 0.2) is 6.10 Å². The quantitative estimate of drug-likeness (QED) is 0.255. The van der Waals surface area contributed by atoms with Crippen LogP contribution in [0.15, 0.2) is 12.2 Å². The van der Waals surface area contributed by atoms with Crippen molar-refractivity contribution in [1.29, 1.82) is 0 Å². The highest BCUT2D eigenvalue weighted by atomic mass is 16.5. The van der Waals surface area contributed by atoms with Crippen LogP contribution in [0.3, 0.4) is 0 Å². The molecule has 22 heavy (non-hydrogen) atoms. The highest BCUT2D eigenvalue weighted by molar-refractivity contribution is 5.70. The van der Waals surface area contributed by atoms with Crippen LogP contribution in [0, 0.1) is 0 Å². The fraction of sp³-hybridized carbons (Fsp3) is 0.750. The zero-order chi connectivity index (χ0) is 17.2. The molecule has 0 aromatic rings. The van der Waals surface area contributed by atoms with Crippen molar-refractivity contribution >= 4 is 11.9 Å². The number of allylic oxidation sites excluding steroid dienone is 1. The van der Waals surface area contributed by atoms with Gasteiger partial charge in [-0.3, -0.25) is 4.79 Å². The predicted molar refractivity (Wildman–Crippen MR) is 81.7 cm³/mol. The van der Waals surface area contributed by atoms with E-state index in [0.717, 1.165) is 0 Å². The smallest absolute Gasteiger partial charge is 0.306 e. The molecule has 0 rings (SSSR count). The fourth-order valence-electron chi connectivity index (χ4n) is 2.13. The van der Waals surface area contributed by atoms with Gasteiger partial charge in [-0.05, 0) is 26.2 Å². The van der Waals surface area contributed by atoms with E-state index in [1.54, 1.807) is 12.2 Å². The number of likely N-dealkylation sites (N-methyl/N-ethyl adjacent to an activating group) is 1. The van der Waals surface area contributed by atoms with Crippen molar-refractivity contribution in [3.05, 3.63) is 12.2 Å². The molecule has 0 amide bonds. The Morgan fingerprint density at radius 3 is 2.41 bits per heavy atom. The van der Waals surface area contributed by atoms with E-state index in [4.69, 9.17) is 4.74 Å². The lowest BCUT2D eigenvalue weighted by atomic mass is 10.1. The van der Waals surface area contributed by atoms with E-state index in [1.807, 2.05) is 28.1 Å². The zero-order valence-corrected chi connectivity index (χ0v) is 14.1. The Kier molecular flexibility index (Phi) is 9.69. The van der Waals surface area contributed by atoms with Gasteiger partial charge in [-0.2, -0.15) is 0 Å². The normalized spacial score (nSPS) is 14.8. The van der Waals surface area contributed by atoms with E-state index in [1.165, 1.54) is 0 Å². The summed E-state index contributed by atoms with van der Waals surface area (Å²) >= 11 is 0. The van der Waals surface area contributed by atoms with Crippen LogP contribution >= 0.6 is 0 Å². The van der Waals surface area contributed by atoms with Crippen LogP contribution in [0.25, 0.3) is 0 Å². The average Bonchev–Trinajstić information content (AvgIpc) is 2.32. The van der Waals surface area contributed by atoms with Crippen LogP contribution in [-0.2, 0) is 14.3 Å². The topological polar surface area (TPSA) is 86.7 Å². The number of aliphatic hydroxyl groups is 1. The van der Waals surface area contributed by atoms with Crippen molar-refractivity contribution in [2.75, 3.05) is 27.7 Å². The van der Waals surface area contributed by atoms with E-state index in [-0.39, 0.29) is 12.8 Å². The van der Waals surface area contributed by atoms with Gasteiger partial charge in [0.2, 0.25) is 0 Å². The second-order valence-electron chi connectivity index (χ2n) is 6.50. The maximum absolute atomic E-state index is 11.8. The molecular weight excluding hydrogens is 286 g/mol. The minimum Gasteiger partial charge on any atom is -0.550 e. The van der Waals surface area contributed by atoms with Crippen molar-refractivity contribution in [3.8, 4) is 0 Å². The number of nitrogens with zero attached hydrogens (tertiary/aromatic N) is 1. The van der Waals surface area contributed by atoms with Crippen LogP contribution in [0.1, 0.15) is 39.0 Å². The van der Waals surface area contributed by atoms with Crippen LogP contribution in [0.2, 0.25) is 0 Å². The van der Waals surface area contributed by atoms with Gasteiger partial charge >= 0.3 is 5.97 Å². The second kappa shape index (κ2) is 10.3. The molecular formula is C16H29NO5. The lowest BCUT2D eigenvalue weighted by Crippen LogP contribution is -2.45. The van der Waals surface area contributed by atoms with Crippen LogP contribution in [0.4, 0.5) is 0 Å². The molecule has 0 aliphatic carbocycles. The largest absolute Gasteiger partial charge is 0.550 e. The molecule has 0 spiro atoms. The first kappa shape index (κ1) is 20.6. The summed E-state index contributed by atoms with van der Waals surface area (Å²) in [6.07, 6.45) is 4.18. The Labute approximate surface area is 133 Å². The summed E-state index contributed by atoms with van der Waals surface area (Å²) in [4.78, 5) is 22.5. The van der Waals surface area contributed by atoms with E-state index in [2.05, 4.69) is 0 Å². The summed E-state index contributed by atoms with van der Waals surface area (Å²) in [6, 6.07) is 0. The molecule has 0 saturated carbocycles. The number of aliphatic carboxylic acids is 1. The first-order chi connectivity index (χ1) is 10.1. The molecule has 0 saturated heterocycles. The Balaban J connectivity index is 4.14. The maximum atomic E-state index is 11.8. The molecule has 128 valence electrons. The van der Waals surface area contributed by atoms with E-state index in [0.29, 0.717) is 30.3 Å². The Morgan fingerprint density at radius 1 is 1.27 bits per heavy atom. The zero-order valence-electron chi connectivity index (χ0n) is 14.1. The van der Waals surface area contributed by atoms with Gasteiger partial charge in [-0.25, -0.2) is 0 Å². The number of unbranched alkanes of at least 4 members (excludes halogenated alkanes) is 1. The number of carboxylic acids is 1. The predicted octanol–water partition coefficient (Wildman–Crippen LogP) is 0.242. The van der Waals surface area contributed by atoms with E-state index < -0.39 is 24.1 Å². The minimum atomic E-state index is -1.22. The van der Waals surface area contributed by atoms with Gasteiger partial charge in [-0.1, -0.05) is 12.2 Å². The maximum Gasteiger partial charge on any atom is 0.306 e. The van der Waals surface area contributed by atoms with Gasteiger partial charge < -0.3 is 24.2 Å². The van der Waals surface area contributed by atoms with Gasteiger partial charge in [-0.15, -0.1) is 0 Å². The number of hydrogen-bond donors (Lipinski definition) is 1. The monoisotopic (exact) mass is 315 g/mol. The molecule has 0 bridgehead atoms. The number of aliphatic hydroxyl groups excluding tert-OH is 1. The SMILES string of the molecule is C/C=C/C(O)CCCCC(=O)OC(CC(=O)[O-])C[N+](C)(C)C. The third-order valence-electron chi connectivity index (χ3n) is 2.99. The molecule has 6 heteroatoms. The van der Waals surface area contributed by atoms with E-state index >= 15 is 0 Å². The fourth-order valence-corrected chi connectivity index (χ4v) is 2.13. The summed E-state index contributed by atoms with van der Waals surface area (Å²) in [5.41, 5.74) is 0. The molecule has 6 nitrogen and oxygen atoms in total. The summed E-state index contributed by atoms with van der Waals surface area (Å²) in [6.45, 7) is 2.26. The van der Waals surface area contributed by atoms with Gasteiger partial charge in [0.05, 0.1) is 27.2 Å². The number of carbonyl (C=O) groups excluding carboxylic acids is 2. The number of hydrogen-bond acceptors (Lipinski definition) is 5. The van der Waals surface area contributed by atoms with Crippen molar-refractivity contribution in [2.24, 2.45) is 0 Å². The number of ether oxygens (including phenoxy) is 1. The van der Waals surface area contributed by atoms with Crippen LogP contribution in [0.5, 0.6) is 0 Å². The molecule has 2 unspecified atom stereocenters. The molecule has 0 fully saturated rings. The van der Waals surface area contributed by atoms with Crippen LogP contribution in [-0.4, -0.2) is 61.4 Å². The Morgan fingerprint density at radius 2 is 1.91 bits per heavy atom. The first-order valence-electron chi connectivity index (χ1n) is 7.64.